The predicted octanol–water partition coefficient (Wildman–Crippen LogP) is -1.27. The van der Waals surface area contributed by atoms with Crippen molar-refractivity contribution in [2.24, 2.45) is 16.9 Å². The maximum atomic E-state index is 14.9. The smallest absolute Gasteiger partial charge is 0.305 e. The number of rotatable bonds is 27. The first-order valence-corrected chi connectivity index (χ1v) is 43.1. The fraction of sp³-hybridized carbons (Fsp3) is 0.519. The van der Waals surface area contributed by atoms with Crippen LogP contribution in [0.15, 0.2) is 97.1 Å². The van der Waals surface area contributed by atoms with Crippen LogP contribution in [-0.4, -0.2) is 257 Å². The van der Waals surface area contributed by atoms with Gasteiger partial charge in [0.05, 0.1) is 25.4 Å². The van der Waals surface area contributed by atoms with Crippen molar-refractivity contribution < 1.29 is 117 Å². The summed E-state index contributed by atoms with van der Waals surface area (Å²) in [7, 11) is 0. The molecule has 4 rings (SSSR count). The predicted molar refractivity (Wildman–Crippen MR) is 456 cm³/mol. The molecule has 22 N–H and O–H groups in total. The maximum Gasteiger partial charge on any atom is 0.305 e. The van der Waals surface area contributed by atoms with E-state index in [4.69, 9.17) is 11.5 Å². The van der Waals surface area contributed by atoms with Crippen molar-refractivity contribution in [2.75, 3.05) is 34.5 Å². The number of primary amides is 2. The van der Waals surface area contributed by atoms with Gasteiger partial charge in [0, 0.05) is 73.0 Å². The van der Waals surface area contributed by atoms with Gasteiger partial charge in [0.1, 0.15) is 78.5 Å². The van der Waals surface area contributed by atoms with Gasteiger partial charge < -0.3 is 106 Å². The van der Waals surface area contributed by atoms with Crippen LogP contribution in [0.25, 0.3) is 10.8 Å². The van der Waals surface area contributed by atoms with E-state index in [0.29, 0.717) is 51.8 Å². The molecule has 123 heavy (non-hydrogen) atoms. The Balaban J connectivity index is 1.89. The van der Waals surface area contributed by atoms with Crippen molar-refractivity contribution in [3.05, 3.63) is 108 Å². The van der Waals surface area contributed by atoms with Gasteiger partial charge in [-0.15, -0.1) is 0 Å². The molecule has 0 aromatic heterocycles. The highest BCUT2D eigenvalue weighted by atomic mass is 32.2. The summed E-state index contributed by atoms with van der Waals surface area (Å²) in [5, 5.41) is 84.0. The number of carboxylic acids is 4. The third-order valence-corrected chi connectivity index (χ3v) is 22.3. The number of hydrogen-bond donors (Lipinski definition) is 20. The Kier molecular flexibility index (Phi) is 44.4. The Bertz CT molecular complexity index is 4300. The summed E-state index contributed by atoms with van der Waals surface area (Å²) in [6.07, 6.45) is -5.21. The monoisotopic (exact) mass is 1780 g/mol. The SMILES string of the molecule is C=C/C(=C\CC)CSC[C@H]1NC(=O)[C@@H](C)NC(=O)[C@H](Cc2cccc3ccccc23)NC(=O)[C@H](CCC(=O)O)NC(=O)[C@H](CC(N)=O)NC(=O)[C@@H](C)NC(=O)CCSCCSC[C@@H](C(N)=O)NC(=O)[C@H](C(C)(C)C)NC(=O)[C@H](CC(=O)O)NC(=O)[C@H](CC(O)CCC)NC(=O)[C@H](Cc2ccccc2)NC(=O)[C@H](CC(=O)O)NC(=O)[C@H](CCC(=O)O)NC1=O. The summed E-state index contributed by atoms with van der Waals surface area (Å²) in [4.78, 5) is 262. The molecule has 0 spiro atoms. The number of nitrogens with one attached hydrogen (secondary N) is 13. The average molecular weight is 1780 g/mol. The van der Waals surface area contributed by atoms with E-state index in [-0.39, 0.29) is 42.3 Å². The second-order valence-corrected chi connectivity index (χ2v) is 33.5. The van der Waals surface area contributed by atoms with Crippen molar-refractivity contribution in [2.45, 2.75) is 223 Å². The lowest BCUT2D eigenvalue weighted by atomic mass is 9.85. The van der Waals surface area contributed by atoms with Gasteiger partial charge >= 0.3 is 23.9 Å². The molecule has 0 bridgehead atoms. The largest absolute Gasteiger partial charge is 0.481 e. The number of aliphatic hydroxyl groups excluding tert-OH is 1. The molecule has 39 nitrogen and oxygen atoms in total. The van der Waals surface area contributed by atoms with Crippen LogP contribution in [0, 0.1) is 5.41 Å². The van der Waals surface area contributed by atoms with E-state index in [2.05, 4.69) is 75.7 Å². The molecule has 1 aliphatic rings. The summed E-state index contributed by atoms with van der Waals surface area (Å²) in [6, 6.07) is -3.47. The quantitative estimate of drug-likeness (QED) is 0.0396. The van der Waals surface area contributed by atoms with Crippen LogP contribution < -0.4 is 80.6 Å². The number of hydrogen-bond acceptors (Lipinski definition) is 23. The fourth-order valence-electron chi connectivity index (χ4n) is 12.3. The summed E-state index contributed by atoms with van der Waals surface area (Å²) >= 11 is 3.48. The van der Waals surface area contributed by atoms with Crippen LogP contribution in [0.4, 0.5) is 0 Å². The van der Waals surface area contributed by atoms with E-state index in [1.807, 2.05) is 13.0 Å². The Morgan fingerprint density at radius 3 is 1.50 bits per heavy atom. The number of nitrogens with two attached hydrogens (primary N) is 2. The summed E-state index contributed by atoms with van der Waals surface area (Å²) < 4.78 is 0. The minimum absolute atomic E-state index is 0.0116. The summed E-state index contributed by atoms with van der Waals surface area (Å²) in [6.45, 7) is 14.3. The molecule has 1 aliphatic heterocycles. The van der Waals surface area contributed by atoms with Crippen molar-refractivity contribution in [3.8, 4) is 0 Å². The number of aliphatic hydroxyl groups is 1. The Hall–Kier alpha value is -11.7. The number of amides is 15. The molecule has 1 fully saturated rings. The van der Waals surface area contributed by atoms with Crippen LogP contribution in [0.1, 0.15) is 137 Å². The Labute approximate surface area is 723 Å². The number of carbonyl (C=O) groups is 19. The minimum atomic E-state index is -2.19. The first-order valence-electron chi connectivity index (χ1n) is 39.7. The van der Waals surface area contributed by atoms with E-state index in [1.165, 1.54) is 64.6 Å². The van der Waals surface area contributed by atoms with Crippen molar-refractivity contribution in [1.29, 1.82) is 0 Å². The van der Waals surface area contributed by atoms with Crippen LogP contribution in [0.2, 0.25) is 0 Å². The standard InChI is InChI=1S/C81H113N15O24S3/c1-9-18-45(11-3)40-123-42-60-79(119)87-52(27-29-64(102)103)72(112)92-57(38-65(104)105)77(117)89-53(34-46-20-13-12-14-21-46)74(114)91-55(36-49(97)19-10-2)75(115)93-58(39-66(106)107)78(118)96-67(81(6,7)8)80(120)94-59(68(83)108)41-122-33-32-121-31-30-62(99)84-43(4)69(109)88-56(37-61(82)98)76(116)86-51(26-28-63(100)101)71(111)90-54(73(113)85-44(5)70(110)95-60)35-48-24-17-23-47-22-15-16-25-50(47)48/h11-18,20-25,43-44,49,51-60,67,97H,3,9-10,19,26-42H2,1-2,4-8H3,(H2,82,98)(H2,83,108)(H,84,99)(H,85,113)(H,86,116)(H,87,119)(H,88,109)(H,89,117)(H,90,111)(H,91,114)(H,92,112)(H,93,115)(H,94,120)(H,95,110)(H,96,118)(H,100,101)(H,102,103)(H,104,105)(H,106,107)/b45-18+/t43-,44-,49?,51+,52+,53+,54+,55+,56+,57+,58+,59+,60-,67-/m1/s1. The molecule has 42 heteroatoms. The van der Waals surface area contributed by atoms with Gasteiger partial charge in [0.2, 0.25) is 88.6 Å². The second kappa shape index (κ2) is 52.6. The average Bonchev–Trinajstić information content (AvgIpc) is 0.819. The first kappa shape index (κ1) is 104. The second-order valence-electron chi connectivity index (χ2n) is 30.1. The van der Waals surface area contributed by atoms with Gasteiger partial charge in [0.25, 0.3) is 0 Å². The topological polar surface area (TPSA) is 634 Å². The molecule has 0 radical (unpaired) electrons. The zero-order valence-corrected chi connectivity index (χ0v) is 71.8. The Morgan fingerprint density at radius 2 is 0.959 bits per heavy atom. The van der Waals surface area contributed by atoms with Gasteiger partial charge in [-0.25, -0.2) is 0 Å². The maximum absolute atomic E-state index is 14.9. The van der Waals surface area contributed by atoms with E-state index in [0.717, 1.165) is 23.5 Å². The Morgan fingerprint density at radius 1 is 0.504 bits per heavy atom. The third kappa shape index (κ3) is 37.7. The molecule has 674 valence electrons. The van der Waals surface area contributed by atoms with Crippen LogP contribution >= 0.6 is 35.3 Å². The highest BCUT2D eigenvalue weighted by Gasteiger charge is 2.41. The summed E-state index contributed by atoms with van der Waals surface area (Å²) in [5.74, 6) is -23.0. The highest BCUT2D eigenvalue weighted by molar-refractivity contribution is 8.03. The number of benzene rings is 3. The molecule has 1 heterocycles. The minimum Gasteiger partial charge on any atom is -0.481 e. The van der Waals surface area contributed by atoms with E-state index >= 15 is 0 Å². The molecule has 3 aromatic carbocycles. The fourth-order valence-corrected chi connectivity index (χ4v) is 15.5. The number of fused-ring (bicyclic) bond motifs is 1. The number of allylic oxidation sites excluding steroid dienone is 2. The lowest BCUT2D eigenvalue weighted by Gasteiger charge is -2.33. The number of aliphatic carboxylic acids is 4. The normalized spacial score (nSPS) is 24.0. The van der Waals surface area contributed by atoms with Crippen molar-refractivity contribution in [1.82, 2.24) is 69.1 Å². The zero-order chi connectivity index (χ0) is 91.8. The lowest BCUT2D eigenvalue weighted by molar-refractivity contribution is -0.143. The summed E-state index contributed by atoms with van der Waals surface area (Å²) in [5.41, 5.74) is 11.5. The molecule has 1 saturated heterocycles. The first-order chi connectivity index (χ1) is 58.0. The third-order valence-electron chi connectivity index (χ3n) is 18.9. The van der Waals surface area contributed by atoms with E-state index in [1.54, 1.807) is 67.6 Å². The van der Waals surface area contributed by atoms with Crippen molar-refractivity contribution >= 4 is 159 Å². The van der Waals surface area contributed by atoms with E-state index < -0.39 is 260 Å². The molecule has 0 saturated carbocycles. The van der Waals surface area contributed by atoms with E-state index in [9.17, 15) is 117 Å². The van der Waals surface area contributed by atoms with Crippen molar-refractivity contribution in [3.63, 3.8) is 0 Å². The van der Waals surface area contributed by atoms with Gasteiger partial charge in [0.15, 0.2) is 0 Å². The van der Waals surface area contributed by atoms with Gasteiger partial charge in [-0.05, 0) is 72.4 Å². The number of carboxylic acid groups (broad SMARTS) is 4. The number of carbonyl (C=O) groups excluding carboxylic acids is 15. The van der Waals surface area contributed by atoms with Gasteiger partial charge in [-0.2, -0.15) is 35.3 Å². The highest BCUT2D eigenvalue weighted by Crippen LogP contribution is 2.24. The molecule has 3 aromatic rings. The van der Waals surface area contributed by atoms with Crippen LogP contribution in [0.3, 0.4) is 0 Å². The molecule has 1 unspecified atom stereocenters. The van der Waals surface area contributed by atoms with Gasteiger partial charge in [-0.3, -0.25) is 91.1 Å². The van der Waals surface area contributed by atoms with Crippen LogP contribution in [-0.2, 0) is 104 Å². The molecule has 15 amide bonds. The number of thioether (sulfide) groups is 3. The zero-order valence-electron chi connectivity index (χ0n) is 69.4. The van der Waals surface area contributed by atoms with Crippen LogP contribution in [0.5, 0.6) is 0 Å². The molecule has 14 atom stereocenters. The lowest BCUT2D eigenvalue weighted by Crippen LogP contribution is -2.62. The molecular formula is C81H113N15O24S3. The van der Waals surface area contributed by atoms with Gasteiger partial charge in [-0.1, -0.05) is 133 Å². The molecular weight excluding hydrogens is 1660 g/mol. The molecule has 0 aliphatic carbocycles.